The first-order chi connectivity index (χ1) is 19.1. The number of amides is 2. The van der Waals surface area contributed by atoms with Gasteiger partial charge in [0.25, 0.3) is 5.91 Å². The molecule has 0 saturated carbocycles. The summed E-state index contributed by atoms with van der Waals surface area (Å²) in [5, 5.41) is 16.7. The SMILES string of the molecule is CC(C)(C)NC(=O)[C@@H](c1c[nH]c2ccccc12)N(C(=O)Cn1nnc(-c2ccc(Cl)cc2)n1)c1ccccc1F. The van der Waals surface area contributed by atoms with Crippen LogP contribution in [0.5, 0.6) is 0 Å². The molecule has 5 aromatic rings. The summed E-state index contributed by atoms with van der Waals surface area (Å²) in [4.78, 5) is 33.4. The van der Waals surface area contributed by atoms with Gasteiger partial charge in [0.1, 0.15) is 18.4 Å². The molecule has 1 atom stereocenters. The third-order valence-corrected chi connectivity index (χ3v) is 6.39. The van der Waals surface area contributed by atoms with Crippen LogP contribution in [0.1, 0.15) is 32.4 Å². The molecule has 0 saturated heterocycles. The Balaban J connectivity index is 1.59. The largest absolute Gasteiger partial charge is 0.361 e. The molecule has 0 spiro atoms. The number of fused-ring (bicyclic) bond motifs is 1. The number of aromatic nitrogens is 5. The second-order valence-corrected chi connectivity index (χ2v) is 10.7. The van der Waals surface area contributed by atoms with Crippen LogP contribution in [0.2, 0.25) is 5.02 Å². The molecule has 0 fully saturated rings. The third-order valence-electron chi connectivity index (χ3n) is 6.13. The minimum Gasteiger partial charge on any atom is -0.361 e. The first-order valence-electron chi connectivity index (χ1n) is 12.6. The van der Waals surface area contributed by atoms with Crippen LogP contribution >= 0.6 is 11.6 Å². The Bertz CT molecular complexity index is 1670. The molecule has 0 radical (unpaired) electrons. The monoisotopic (exact) mass is 559 g/mol. The summed E-state index contributed by atoms with van der Waals surface area (Å²) in [5.74, 6) is -1.44. The van der Waals surface area contributed by atoms with Gasteiger partial charge in [-0.05, 0) is 68.4 Å². The second-order valence-electron chi connectivity index (χ2n) is 10.3. The normalized spacial score (nSPS) is 12.3. The summed E-state index contributed by atoms with van der Waals surface area (Å²) in [6.45, 7) is 5.12. The molecule has 2 amide bonds. The van der Waals surface area contributed by atoms with E-state index in [4.69, 9.17) is 11.6 Å². The van der Waals surface area contributed by atoms with Gasteiger partial charge in [-0.25, -0.2) is 4.39 Å². The fourth-order valence-corrected chi connectivity index (χ4v) is 4.57. The second kappa shape index (κ2) is 10.9. The van der Waals surface area contributed by atoms with Crippen molar-refractivity contribution in [3.63, 3.8) is 0 Å². The maximum absolute atomic E-state index is 15.3. The predicted octanol–water partition coefficient (Wildman–Crippen LogP) is 5.30. The van der Waals surface area contributed by atoms with Crippen LogP contribution in [-0.4, -0.2) is 42.5 Å². The van der Waals surface area contributed by atoms with Crippen molar-refractivity contribution in [2.24, 2.45) is 0 Å². The van der Waals surface area contributed by atoms with E-state index in [0.717, 1.165) is 20.6 Å². The number of halogens is 2. The number of carbonyl (C=O) groups is 2. The molecule has 2 N–H and O–H groups in total. The highest BCUT2D eigenvalue weighted by atomic mass is 35.5. The average Bonchev–Trinajstić information content (AvgIpc) is 3.54. The van der Waals surface area contributed by atoms with Crippen LogP contribution < -0.4 is 10.2 Å². The number of tetrazole rings is 1. The number of hydrogen-bond acceptors (Lipinski definition) is 5. The fourth-order valence-electron chi connectivity index (χ4n) is 4.44. The van der Waals surface area contributed by atoms with Gasteiger partial charge in [0, 0.05) is 38.8 Å². The number of hydrogen-bond donors (Lipinski definition) is 2. The van der Waals surface area contributed by atoms with Crippen molar-refractivity contribution in [3.8, 4) is 11.4 Å². The zero-order valence-electron chi connectivity index (χ0n) is 22.1. The molecule has 40 heavy (non-hydrogen) atoms. The topological polar surface area (TPSA) is 109 Å². The highest BCUT2D eigenvalue weighted by Crippen LogP contribution is 2.34. The zero-order chi connectivity index (χ0) is 28.4. The minimum absolute atomic E-state index is 0.0510. The quantitative estimate of drug-likeness (QED) is 0.281. The number of aromatic amines is 1. The first kappa shape index (κ1) is 27.0. The molecule has 0 aliphatic rings. The fraction of sp³-hybridized carbons (Fsp3) is 0.207. The Morgan fingerprint density at radius 2 is 1.75 bits per heavy atom. The van der Waals surface area contributed by atoms with Crippen molar-refractivity contribution in [2.45, 2.75) is 38.9 Å². The number of H-pyrrole nitrogens is 1. The van der Waals surface area contributed by atoms with Crippen LogP contribution in [0.3, 0.4) is 0 Å². The molecule has 2 aromatic heterocycles. The summed E-state index contributed by atoms with van der Waals surface area (Å²) in [6, 6.07) is 18.9. The number of para-hydroxylation sites is 2. The van der Waals surface area contributed by atoms with E-state index in [1.165, 1.54) is 18.2 Å². The van der Waals surface area contributed by atoms with Gasteiger partial charge in [-0.1, -0.05) is 41.9 Å². The Morgan fingerprint density at radius 3 is 2.48 bits per heavy atom. The summed E-state index contributed by atoms with van der Waals surface area (Å²) < 4.78 is 15.3. The lowest BCUT2D eigenvalue weighted by atomic mass is 10.00. The Hall–Kier alpha value is -4.57. The summed E-state index contributed by atoms with van der Waals surface area (Å²) in [5.41, 5.74) is 1.28. The molecular formula is C29H27ClFN7O2. The smallest absolute Gasteiger partial charge is 0.251 e. The van der Waals surface area contributed by atoms with E-state index in [9.17, 15) is 9.59 Å². The molecule has 9 nitrogen and oxygen atoms in total. The van der Waals surface area contributed by atoms with Gasteiger partial charge in [-0.15, -0.1) is 10.2 Å². The van der Waals surface area contributed by atoms with Crippen molar-refractivity contribution < 1.29 is 14.0 Å². The van der Waals surface area contributed by atoms with Crippen LogP contribution in [0.15, 0.2) is 79.0 Å². The van der Waals surface area contributed by atoms with Crippen LogP contribution in [0.25, 0.3) is 22.3 Å². The predicted molar refractivity (Wildman–Crippen MR) is 151 cm³/mol. The summed E-state index contributed by atoms with van der Waals surface area (Å²) in [6.07, 6.45) is 1.67. The van der Waals surface area contributed by atoms with Crippen LogP contribution in [0, 0.1) is 5.82 Å². The lowest BCUT2D eigenvalue weighted by Crippen LogP contribution is -2.50. The van der Waals surface area contributed by atoms with Gasteiger partial charge < -0.3 is 10.3 Å². The molecule has 3 aromatic carbocycles. The van der Waals surface area contributed by atoms with Gasteiger partial charge in [0.2, 0.25) is 11.7 Å². The molecule has 204 valence electrons. The number of benzene rings is 3. The van der Waals surface area contributed by atoms with E-state index in [-0.39, 0.29) is 5.69 Å². The Morgan fingerprint density at radius 1 is 1.05 bits per heavy atom. The molecule has 0 bridgehead atoms. The van der Waals surface area contributed by atoms with E-state index in [1.807, 2.05) is 45.0 Å². The van der Waals surface area contributed by atoms with Gasteiger partial charge in [0.15, 0.2) is 0 Å². The Kier molecular flexibility index (Phi) is 7.36. The number of nitrogens with zero attached hydrogens (tertiary/aromatic N) is 5. The maximum atomic E-state index is 15.3. The molecule has 0 aliphatic carbocycles. The third kappa shape index (κ3) is 5.72. The standard InChI is InChI=1S/C29H27ClFN7O2/c1-29(2,3)33-28(40)26(21-16-32-23-10-6-4-8-20(21)23)38(24-11-7-5-9-22(24)31)25(39)17-37-35-27(34-36-37)18-12-14-19(30)15-13-18/h4-16,26,32H,17H2,1-3H3,(H,33,40)/t26-/m1/s1. The van der Waals surface area contributed by atoms with Gasteiger partial charge >= 0.3 is 0 Å². The zero-order valence-corrected chi connectivity index (χ0v) is 22.9. The van der Waals surface area contributed by atoms with Crippen molar-refractivity contribution in [3.05, 3.63) is 95.4 Å². The molecular weight excluding hydrogens is 533 g/mol. The highest BCUT2D eigenvalue weighted by molar-refractivity contribution is 6.30. The van der Waals surface area contributed by atoms with Crippen LogP contribution in [-0.2, 0) is 16.1 Å². The lowest BCUT2D eigenvalue weighted by Gasteiger charge is -2.33. The number of carbonyl (C=O) groups excluding carboxylic acids is 2. The molecule has 0 unspecified atom stereocenters. The molecule has 11 heteroatoms. The van der Waals surface area contributed by atoms with Crippen molar-refractivity contribution >= 4 is 40.0 Å². The highest BCUT2D eigenvalue weighted by Gasteiger charge is 2.37. The van der Waals surface area contributed by atoms with E-state index in [1.54, 1.807) is 36.5 Å². The maximum Gasteiger partial charge on any atom is 0.251 e. The first-order valence-corrected chi connectivity index (χ1v) is 13.0. The lowest BCUT2D eigenvalue weighted by molar-refractivity contribution is -0.128. The Labute approximate surface area is 234 Å². The summed E-state index contributed by atoms with van der Waals surface area (Å²) >= 11 is 5.98. The summed E-state index contributed by atoms with van der Waals surface area (Å²) in [7, 11) is 0. The van der Waals surface area contributed by atoms with Gasteiger partial charge in [-0.2, -0.15) is 4.80 Å². The van der Waals surface area contributed by atoms with Gasteiger partial charge in [-0.3, -0.25) is 14.5 Å². The number of rotatable bonds is 7. The average molecular weight is 560 g/mol. The van der Waals surface area contributed by atoms with Crippen molar-refractivity contribution in [1.82, 2.24) is 30.5 Å². The van der Waals surface area contributed by atoms with Crippen molar-refractivity contribution in [2.75, 3.05) is 4.90 Å². The number of nitrogens with one attached hydrogen (secondary N) is 2. The van der Waals surface area contributed by atoms with E-state index >= 15 is 4.39 Å². The van der Waals surface area contributed by atoms with E-state index in [2.05, 4.69) is 25.7 Å². The molecule has 2 heterocycles. The van der Waals surface area contributed by atoms with E-state index in [0.29, 0.717) is 22.0 Å². The van der Waals surface area contributed by atoms with Crippen LogP contribution in [0.4, 0.5) is 10.1 Å². The van der Waals surface area contributed by atoms with E-state index < -0.39 is 35.8 Å². The number of anilines is 1. The van der Waals surface area contributed by atoms with Crippen molar-refractivity contribution in [1.29, 1.82) is 0 Å². The molecule has 0 aliphatic heterocycles. The van der Waals surface area contributed by atoms with Gasteiger partial charge in [0.05, 0.1) is 5.69 Å². The molecule has 5 rings (SSSR count). The minimum atomic E-state index is -1.21.